The standard InChI is InChI=1S/C18H18ClNO3S/c1-23-18(22)16-13-3-2-4-14(13)24-17(16)20-15(21)10-7-11-5-8-12(19)9-6-11/h5-6,8-9H,2-4,7,10H2,1H3,(H,20,21). The maximum Gasteiger partial charge on any atom is 0.341 e. The Hall–Kier alpha value is -1.85. The van der Waals surface area contributed by atoms with Crippen LogP contribution in [0.1, 0.15) is 39.2 Å². The zero-order valence-electron chi connectivity index (χ0n) is 13.4. The lowest BCUT2D eigenvalue weighted by molar-refractivity contribution is -0.116. The number of amides is 1. The minimum absolute atomic E-state index is 0.102. The second-order valence-corrected chi connectivity index (χ2v) is 7.27. The maximum absolute atomic E-state index is 12.3. The highest BCUT2D eigenvalue weighted by Crippen LogP contribution is 2.39. The van der Waals surface area contributed by atoms with Crippen LogP contribution >= 0.6 is 22.9 Å². The molecule has 0 aliphatic heterocycles. The van der Waals surface area contributed by atoms with E-state index < -0.39 is 0 Å². The van der Waals surface area contributed by atoms with E-state index in [2.05, 4.69) is 5.32 Å². The SMILES string of the molecule is COC(=O)c1c(NC(=O)CCc2ccc(Cl)cc2)sc2c1CCC2. The number of nitrogens with one attached hydrogen (secondary N) is 1. The molecule has 0 radical (unpaired) electrons. The number of hydrogen-bond acceptors (Lipinski definition) is 4. The van der Waals surface area contributed by atoms with Crippen molar-refractivity contribution in [2.75, 3.05) is 12.4 Å². The Labute approximate surface area is 149 Å². The number of carbonyl (C=O) groups excluding carboxylic acids is 2. The topological polar surface area (TPSA) is 55.4 Å². The van der Waals surface area contributed by atoms with Gasteiger partial charge in [0.2, 0.25) is 5.91 Å². The van der Waals surface area contributed by atoms with Gasteiger partial charge in [0.25, 0.3) is 0 Å². The van der Waals surface area contributed by atoms with Gasteiger partial charge in [-0.2, -0.15) is 0 Å². The Morgan fingerprint density at radius 2 is 2.00 bits per heavy atom. The van der Waals surface area contributed by atoms with Gasteiger partial charge in [-0.3, -0.25) is 4.79 Å². The monoisotopic (exact) mass is 363 g/mol. The summed E-state index contributed by atoms with van der Waals surface area (Å²) in [4.78, 5) is 25.5. The number of carbonyl (C=O) groups is 2. The van der Waals surface area contributed by atoms with E-state index >= 15 is 0 Å². The van der Waals surface area contributed by atoms with Crippen LogP contribution in [0.25, 0.3) is 0 Å². The predicted molar refractivity (Wildman–Crippen MR) is 96.1 cm³/mol. The summed E-state index contributed by atoms with van der Waals surface area (Å²) in [5, 5.41) is 4.19. The molecule has 0 unspecified atom stereocenters. The van der Waals surface area contributed by atoms with Gasteiger partial charge in [0.1, 0.15) is 5.00 Å². The van der Waals surface area contributed by atoms with E-state index in [9.17, 15) is 9.59 Å². The summed E-state index contributed by atoms with van der Waals surface area (Å²) in [6.45, 7) is 0. The highest BCUT2D eigenvalue weighted by atomic mass is 35.5. The average molecular weight is 364 g/mol. The van der Waals surface area contributed by atoms with Crippen molar-refractivity contribution in [2.24, 2.45) is 0 Å². The molecule has 1 aromatic carbocycles. The van der Waals surface area contributed by atoms with E-state index in [-0.39, 0.29) is 11.9 Å². The number of aryl methyl sites for hydroxylation is 2. The van der Waals surface area contributed by atoms with Gasteiger partial charge in [0.05, 0.1) is 12.7 Å². The summed E-state index contributed by atoms with van der Waals surface area (Å²) in [6.07, 6.45) is 3.87. The van der Waals surface area contributed by atoms with Crippen molar-refractivity contribution < 1.29 is 14.3 Å². The fourth-order valence-corrected chi connectivity index (χ4v) is 4.33. The zero-order valence-corrected chi connectivity index (χ0v) is 14.9. The highest BCUT2D eigenvalue weighted by Gasteiger charge is 2.27. The average Bonchev–Trinajstić information content (AvgIpc) is 3.14. The molecule has 1 amide bonds. The van der Waals surface area contributed by atoms with Crippen LogP contribution in [0.15, 0.2) is 24.3 Å². The van der Waals surface area contributed by atoms with E-state index in [1.54, 1.807) is 0 Å². The van der Waals surface area contributed by atoms with Crippen molar-refractivity contribution in [1.29, 1.82) is 0 Å². The lowest BCUT2D eigenvalue weighted by Crippen LogP contribution is -2.15. The second kappa shape index (κ2) is 7.36. The molecule has 3 rings (SSSR count). The molecule has 0 bridgehead atoms. The molecule has 1 N–H and O–H groups in total. The van der Waals surface area contributed by atoms with Crippen LogP contribution < -0.4 is 5.32 Å². The van der Waals surface area contributed by atoms with Crippen molar-refractivity contribution in [1.82, 2.24) is 0 Å². The zero-order chi connectivity index (χ0) is 17.1. The van der Waals surface area contributed by atoms with Gasteiger partial charge in [0.15, 0.2) is 0 Å². The van der Waals surface area contributed by atoms with Crippen molar-refractivity contribution in [3.05, 3.63) is 50.9 Å². The van der Waals surface area contributed by atoms with Gasteiger partial charge >= 0.3 is 5.97 Å². The molecule has 2 aromatic rings. The largest absolute Gasteiger partial charge is 0.465 e. The summed E-state index contributed by atoms with van der Waals surface area (Å²) < 4.78 is 4.89. The number of thiophene rings is 1. The van der Waals surface area contributed by atoms with Crippen molar-refractivity contribution in [3.8, 4) is 0 Å². The Morgan fingerprint density at radius 3 is 2.71 bits per heavy atom. The molecule has 126 valence electrons. The summed E-state index contributed by atoms with van der Waals surface area (Å²) >= 11 is 7.35. The first kappa shape index (κ1) is 17.0. The molecule has 0 fully saturated rings. The molecule has 0 atom stereocenters. The molecular formula is C18H18ClNO3S. The predicted octanol–water partition coefficient (Wildman–Crippen LogP) is 4.25. The molecule has 1 aromatic heterocycles. The summed E-state index contributed by atoms with van der Waals surface area (Å²) in [7, 11) is 1.37. The molecular weight excluding hydrogens is 346 g/mol. The Balaban J connectivity index is 1.68. The van der Waals surface area contributed by atoms with Gasteiger partial charge in [-0.25, -0.2) is 4.79 Å². The smallest absolute Gasteiger partial charge is 0.341 e. The molecule has 1 aliphatic carbocycles. The van der Waals surface area contributed by atoms with E-state index in [4.69, 9.17) is 16.3 Å². The van der Waals surface area contributed by atoms with Crippen molar-refractivity contribution in [3.63, 3.8) is 0 Å². The number of anilines is 1. The van der Waals surface area contributed by atoms with Gasteiger partial charge in [-0.15, -0.1) is 11.3 Å². The second-order valence-electron chi connectivity index (χ2n) is 5.73. The number of benzene rings is 1. The van der Waals surface area contributed by atoms with Gasteiger partial charge in [-0.1, -0.05) is 23.7 Å². The first-order valence-electron chi connectivity index (χ1n) is 7.85. The Morgan fingerprint density at radius 1 is 1.25 bits per heavy atom. The summed E-state index contributed by atoms with van der Waals surface area (Å²) in [5.74, 6) is -0.475. The molecule has 0 saturated heterocycles. The van der Waals surface area contributed by atoms with Crippen molar-refractivity contribution in [2.45, 2.75) is 32.1 Å². The van der Waals surface area contributed by atoms with E-state index in [1.165, 1.54) is 23.3 Å². The van der Waals surface area contributed by atoms with Crippen LogP contribution in [0.4, 0.5) is 5.00 Å². The third-order valence-corrected chi connectivity index (χ3v) is 5.58. The van der Waals surface area contributed by atoms with E-state index in [1.807, 2.05) is 24.3 Å². The van der Waals surface area contributed by atoms with E-state index in [0.29, 0.717) is 28.4 Å². The van der Waals surface area contributed by atoms with Crippen LogP contribution in [-0.2, 0) is 28.8 Å². The van der Waals surface area contributed by atoms with Crippen LogP contribution in [0.5, 0.6) is 0 Å². The third-order valence-electron chi connectivity index (χ3n) is 4.12. The lowest BCUT2D eigenvalue weighted by atomic mass is 10.1. The van der Waals surface area contributed by atoms with Gasteiger partial charge < -0.3 is 10.1 Å². The molecule has 4 nitrogen and oxygen atoms in total. The molecule has 6 heteroatoms. The molecule has 24 heavy (non-hydrogen) atoms. The minimum Gasteiger partial charge on any atom is -0.465 e. The lowest BCUT2D eigenvalue weighted by Gasteiger charge is -2.07. The van der Waals surface area contributed by atoms with Crippen LogP contribution in [0.3, 0.4) is 0 Å². The van der Waals surface area contributed by atoms with Crippen LogP contribution in [0, 0.1) is 0 Å². The summed E-state index contributed by atoms with van der Waals surface area (Å²) in [6, 6.07) is 7.45. The number of rotatable bonds is 5. The molecule has 1 heterocycles. The molecule has 1 aliphatic rings. The number of hydrogen-bond donors (Lipinski definition) is 1. The maximum atomic E-state index is 12.3. The fourth-order valence-electron chi connectivity index (χ4n) is 2.91. The summed E-state index contributed by atoms with van der Waals surface area (Å²) in [5.41, 5.74) is 2.63. The van der Waals surface area contributed by atoms with Crippen LogP contribution in [-0.4, -0.2) is 19.0 Å². The Bertz CT molecular complexity index is 767. The number of fused-ring (bicyclic) bond motifs is 1. The molecule has 0 saturated carbocycles. The first-order valence-corrected chi connectivity index (χ1v) is 9.05. The number of ether oxygens (including phenoxy) is 1. The van der Waals surface area contributed by atoms with E-state index in [0.717, 1.165) is 30.4 Å². The fraction of sp³-hybridized carbons (Fsp3) is 0.333. The van der Waals surface area contributed by atoms with Gasteiger partial charge in [0, 0.05) is 16.3 Å². The highest BCUT2D eigenvalue weighted by molar-refractivity contribution is 7.17. The number of halogens is 1. The quantitative estimate of drug-likeness (QED) is 0.808. The third kappa shape index (κ3) is 3.62. The minimum atomic E-state index is -0.373. The van der Waals surface area contributed by atoms with Crippen molar-refractivity contribution >= 4 is 39.8 Å². The van der Waals surface area contributed by atoms with Gasteiger partial charge in [-0.05, 0) is 48.9 Å². The van der Waals surface area contributed by atoms with Crippen LogP contribution in [0.2, 0.25) is 5.02 Å². The number of esters is 1. The number of methoxy groups -OCH3 is 1. The Kier molecular flexibility index (Phi) is 5.21. The first-order chi connectivity index (χ1) is 11.6. The molecule has 0 spiro atoms. The normalized spacial score (nSPS) is 12.8.